The van der Waals surface area contributed by atoms with E-state index in [0.29, 0.717) is 12.1 Å². The van der Waals surface area contributed by atoms with Crippen molar-refractivity contribution >= 4 is 23.1 Å². The number of nitrogens with two attached hydrogens (primary N) is 1. The van der Waals surface area contributed by atoms with Gasteiger partial charge in [-0.2, -0.15) is 13.2 Å². The maximum atomic E-state index is 13.0. The third kappa shape index (κ3) is 4.56. The number of nitrogens with one attached hydrogen (secondary N) is 1. The molecule has 0 aromatic heterocycles. The van der Waals surface area contributed by atoms with Crippen LogP contribution in [0.1, 0.15) is 18.4 Å². The van der Waals surface area contributed by atoms with Crippen molar-refractivity contribution in [1.82, 2.24) is 0 Å². The first-order valence-electron chi connectivity index (χ1n) is 8.71. The summed E-state index contributed by atoms with van der Waals surface area (Å²) in [4.78, 5) is 26.6. The minimum absolute atomic E-state index is 0.0595. The molecule has 1 heterocycles. The fourth-order valence-corrected chi connectivity index (χ4v) is 2.97. The Kier molecular flexibility index (Phi) is 5.58. The highest BCUT2D eigenvalue weighted by atomic mass is 19.4. The molecule has 2 aromatic carbocycles. The van der Waals surface area contributed by atoms with Crippen molar-refractivity contribution in [1.29, 1.82) is 0 Å². The molecule has 3 N–H and O–H groups in total. The van der Waals surface area contributed by atoms with Gasteiger partial charge in [0, 0.05) is 24.3 Å². The molecule has 0 unspecified atom stereocenters. The van der Waals surface area contributed by atoms with Crippen LogP contribution < -0.4 is 16.0 Å². The molecule has 1 aliphatic rings. The van der Waals surface area contributed by atoms with Gasteiger partial charge in [-0.3, -0.25) is 9.59 Å². The summed E-state index contributed by atoms with van der Waals surface area (Å²) in [7, 11) is 0. The maximum Gasteiger partial charge on any atom is 0.416 e. The van der Waals surface area contributed by atoms with Gasteiger partial charge in [0.1, 0.15) is 17.2 Å². The van der Waals surface area contributed by atoms with Crippen molar-refractivity contribution in [2.24, 2.45) is 5.73 Å². The van der Waals surface area contributed by atoms with Gasteiger partial charge in [-0.1, -0.05) is 0 Å². The lowest BCUT2D eigenvalue weighted by molar-refractivity contribution is -0.137. The van der Waals surface area contributed by atoms with E-state index in [1.807, 2.05) is 0 Å². The largest absolute Gasteiger partial charge is 0.416 e. The molecule has 0 aliphatic carbocycles. The summed E-state index contributed by atoms with van der Waals surface area (Å²) in [6.45, 7) is 0.156. The molecule has 2 aromatic rings. The van der Waals surface area contributed by atoms with Gasteiger partial charge in [-0.25, -0.2) is 4.39 Å². The number of rotatable bonds is 3. The summed E-state index contributed by atoms with van der Waals surface area (Å²) in [6, 6.07) is 9.26. The van der Waals surface area contributed by atoms with E-state index in [-0.39, 0.29) is 30.0 Å². The van der Waals surface area contributed by atoms with E-state index in [1.165, 1.54) is 41.3 Å². The van der Waals surface area contributed by atoms with Crippen molar-refractivity contribution in [2.45, 2.75) is 19.0 Å². The lowest BCUT2D eigenvalue weighted by atomic mass is 10.1. The second-order valence-corrected chi connectivity index (χ2v) is 6.45. The van der Waals surface area contributed by atoms with Gasteiger partial charge in [-0.05, 0) is 55.0 Å². The van der Waals surface area contributed by atoms with Crippen LogP contribution in [0.25, 0.3) is 0 Å². The molecule has 1 fully saturated rings. The molecule has 5 nitrogen and oxygen atoms in total. The van der Waals surface area contributed by atoms with Gasteiger partial charge in [0.2, 0.25) is 0 Å². The van der Waals surface area contributed by atoms with Crippen LogP contribution in [0.4, 0.5) is 28.9 Å². The fourth-order valence-electron chi connectivity index (χ4n) is 2.97. The maximum absolute atomic E-state index is 13.0. The Bertz CT molecular complexity index is 951. The summed E-state index contributed by atoms with van der Waals surface area (Å²) < 4.78 is 51.4. The first-order chi connectivity index (χ1) is 13.7. The van der Waals surface area contributed by atoms with Crippen LogP contribution in [0.2, 0.25) is 0 Å². The van der Waals surface area contributed by atoms with Gasteiger partial charge in [0.15, 0.2) is 5.78 Å². The zero-order valence-corrected chi connectivity index (χ0v) is 15.1. The van der Waals surface area contributed by atoms with Crippen molar-refractivity contribution in [3.05, 3.63) is 71.3 Å². The molecule has 0 saturated carbocycles. The monoisotopic (exact) mass is 407 g/mol. The predicted molar refractivity (Wildman–Crippen MR) is 99.3 cm³/mol. The molecule has 29 heavy (non-hydrogen) atoms. The normalized spacial score (nSPS) is 17.2. The smallest absolute Gasteiger partial charge is 0.384 e. The van der Waals surface area contributed by atoms with Crippen molar-refractivity contribution in [2.75, 3.05) is 16.8 Å². The number of anilines is 2. The van der Waals surface area contributed by atoms with Gasteiger partial charge >= 0.3 is 6.18 Å². The number of Topliss-reactive ketones (excluding diaryl/α,β-unsaturated/α-hetero) is 1. The quantitative estimate of drug-likeness (QED) is 0.461. The van der Waals surface area contributed by atoms with Crippen molar-refractivity contribution in [3.8, 4) is 0 Å². The van der Waals surface area contributed by atoms with Gasteiger partial charge in [0.25, 0.3) is 5.91 Å². The number of ketones is 1. The third-order valence-corrected chi connectivity index (χ3v) is 4.42. The SMILES string of the molecule is NC(Nc1ccc(F)cc1)=C1C(=O)CCCN(c2ccc(C(F)(F)F)cc2)C1=O. The van der Waals surface area contributed by atoms with E-state index >= 15 is 0 Å². The molecule has 1 aliphatic heterocycles. The van der Waals surface area contributed by atoms with E-state index < -0.39 is 29.2 Å². The van der Waals surface area contributed by atoms with Crippen molar-refractivity contribution < 1.29 is 27.2 Å². The number of carbonyl (C=O) groups is 2. The Morgan fingerprint density at radius 1 is 1.00 bits per heavy atom. The highest BCUT2D eigenvalue weighted by Crippen LogP contribution is 2.31. The van der Waals surface area contributed by atoms with Crippen LogP contribution in [0.3, 0.4) is 0 Å². The number of benzene rings is 2. The second kappa shape index (κ2) is 7.94. The van der Waals surface area contributed by atoms with Gasteiger partial charge in [-0.15, -0.1) is 0 Å². The molecule has 0 spiro atoms. The van der Waals surface area contributed by atoms with E-state index in [2.05, 4.69) is 5.32 Å². The second-order valence-electron chi connectivity index (χ2n) is 6.45. The average Bonchev–Trinajstić information content (AvgIpc) is 2.81. The standard InChI is InChI=1S/C20H17F4N3O2/c21-13-5-7-14(8-6-13)26-18(25)17-16(28)2-1-11-27(19(17)29)15-9-3-12(4-10-15)20(22,23)24/h3-10,26H,1-2,11,25H2. The molecule has 0 bridgehead atoms. The first-order valence-corrected chi connectivity index (χ1v) is 8.71. The van der Waals surface area contributed by atoms with Crippen LogP contribution in [0, 0.1) is 5.82 Å². The average molecular weight is 407 g/mol. The third-order valence-electron chi connectivity index (χ3n) is 4.42. The Labute approximate surface area is 163 Å². The van der Waals surface area contributed by atoms with Crippen molar-refractivity contribution in [3.63, 3.8) is 0 Å². The highest BCUT2D eigenvalue weighted by Gasteiger charge is 2.33. The minimum atomic E-state index is -4.49. The van der Waals surface area contributed by atoms with Crippen LogP contribution in [-0.2, 0) is 15.8 Å². The molecule has 0 radical (unpaired) electrons. The van der Waals surface area contributed by atoms with Crippen LogP contribution in [0.15, 0.2) is 59.9 Å². The molecular formula is C20H17F4N3O2. The predicted octanol–water partition coefficient (Wildman–Crippen LogP) is 3.82. The van der Waals surface area contributed by atoms with Crippen LogP contribution in [-0.4, -0.2) is 18.2 Å². The summed E-state index contributed by atoms with van der Waals surface area (Å²) in [5, 5.41) is 2.70. The highest BCUT2D eigenvalue weighted by molar-refractivity contribution is 6.25. The number of nitrogens with zero attached hydrogens (tertiary/aromatic N) is 1. The molecular weight excluding hydrogens is 390 g/mol. The summed E-state index contributed by atoms with van der Waals surface area (Å²) in [6.07, 6.45) is -4.10. The van der Waals surface area contributed by atoms with Gasteiger partial charge < -0.3 is 16.0 Å². The van der Waals surface area contributed by atoms with E-state index in [9.17, 15) is 27.2 Å². The Morgan fingerprint density at radius 3 is 2.21 bits per heavy atom. The molecule has 9 heteroatoms. The number of hydrogen-bond acceptors (Lipinski definition) is 4. The molecule has 152 valence electrons. The zero-order valence-electron chi connectivity index (χ0n) is 15.1. The lowest BCUT2D eigenvalue weighted by Gasteiger charge is -2.22. The summed E-state index contributed by atoms with van der Waals surface area (Å²) >= 11 is 0. The number of hydrogen-bond donors (Lipinski definition) is 2. The summed E-state index contributed by atoms with van der Waals surface area (Å²) in [5.41, 5.74) is 5.43. The number of carbonyl (C=O) groups excluding carboxylic acids is 2. The zero-order chi connectivity index (χ0) is 21.2. The van der Waals surface area contributed by atoms with Crippen LogP contribution >= 0.6 is 0 Å². The van der Waals surface area contributed by atoms with E-state index in [4.69, 9.17) is 5.73 Å². The molecule has 0 atom stereocenters. The molecule has 1 saturated heterocycles. The minimum Gasteiger partial charge on any atom is -0.384 e. The van der Waals surface area contributed by atoms with Gasteiger partial charge in [0.05, 0.1) is 5.56 Å². The van der Waals surface area contributed by atoms with E-state index in [0.717, 1.165) is 12.1 Å². The van der Waals surface area contributed by atoms with Crippen LogP contribution in [0.5, 0.6) is 0 Å². The number of alkyl halides is 3. The topological polar surface area (TPSA) is 75.4 Å². The molecule has 3 rings (SSSR count). The number of amides is 1. The van der Waals surface area contributed by atoms with E-state index in [1.54, 1.807) is 0 Å². The number of halogens is 4. The summed E-state index contributed by atoms with van der Waals surface area (Å²) in [5.74, 6) is -1.85. The molecule has 1 amide bonds. The first kappa shape index (κ1) is 20.4. The fraction of sp³-hybridized carbons (Fsp3) is 0.200. The Morgan fingerprint density at radius 2 is 1.62 bits per heavy atom. The Hall–Kier alpha value is -3.36. The Balaban J connectivity index is 1.92. The lowest BCUT2D eigenvalue weighted by Crippen LogP contribution is -2.35.